The molecule has 0 fully saturated rings. The lowest BCUT2D eigenvalue weighted by Gasteiger charge is -2.10. The van der Waals surface area contributed by atoms with Crippen molar-refractivity contribution in [1.82, 2.24) is 5.43 Å². The number of carbonyl (C=O) groups excluding carboxylic acids is 2. The SMILES string of the molecule is CC(=O)Nc1ccc(C(=O)NN=Cc2cc(Cl)ccc2OCc2ccccc2Cl)cc1. The highest BCUT2D eigenvalue weighted by molar-refractivity contribution is 6.31. The maximum atomic E-state index is 12.3. The summed E-state index contributed by atoms with van der Waals surface area (Å²) < 4.78 is 5.86. The van der Waals surface area contributed by atoms with Crippen molar-refractivity contribution < 1.29 is 14.3 Å². The summed E-state index contributed by atoms with van der Waals surface area (Å²) in [6.07, 6.45) is 1.46. The van der Waals surface area contributed by atoms with Crippen molar-refractivity contribution in [3.05, 3.63) is 93.5 Å². The molecule has 6 nitrogen and oxygen atoms in total. The Morgan fingerprint density at radius 1 is 1.03 bits per heavy atom. The van der Waals surface area contributed by atoms with Gasteiger partial charge < -0.3 is 10.1 Å². The van der Waals surface area contributed by atoms with E-state index in [1.807, 2.05) is 18.2 Å². The van der Waals surface area contributed by atoms with Crippen LogP contribution in [0.1, 0.15) is 28.4 Å². The lowest BCUT2D eigenvalue weighted by atomic mass is 10.2. The van der Waals surface area contributed by atoms with Crippen LogP contribution in [0.25, 0.3) is 0 Å². The molecule has 158 valence electrons. The molecule has 0 aliphatic rings. The number of hydrazone groups is 1. The number of rotatable bonds is 7. The van der Waals surface area contributed by atoms with E-state index in [2.05, 4.69) is 15.8 Å². The molecular formula is C23H19Cl2N3O3. The van der Waals surface area contributed by atoms with E-state index < -0.39 is 5.91 Å². The highest BCUT2D eigenvalue weighted by Gasteiger charge is 2.07. The largest absolute Gasteiger partial charge is 0.488 e. The molecule has 0 spiro atoms. The second-order valence-electron chi connectivity index (χ2n) is 6.52. The monoisotopic (exact) mass is 455 g/mol. The van der Waals surface area contributed by atoms with E-state index in [0.29, 0.717) is 32.6 Å². The van der Waals surface area contributed by atoms with Crippen molar-refractivity contribution in [3.63, 3.8) is 0 Å². The first-order valence-electron chi connectivity index (χ1n) is 9.29. The Labute approximate surface area is 189 Å². The molecular weight excluding hydrogens is 437 g/mol. The Balaban J connectivity index is 1.66. The zero-order valence-electron chi connectivity index (χ0n) is 16.6. The molecule has 0 saturated carbocycles. The summed E-state index contributed by atoms with van der Waals surface area (Å²) in [6.45, 7) is 1.69. The quantitative estimate of drug-likeness (QED) is 0.374. The van der Waals surface area contributed by atoms with Crippen LogP contribution >= 0.6 is 23.2 Å². The van der Waals surface area contributed by atoms with Crippen molar-refractivity contribution >= 4 is 46.9 Å². The van der Waals surface area contributed by atoms with Gasteiger partial charge in [0.25, 0.3) is 5.91 Å². The second-order valence-corrected chi connectivity index (χ2v) is 7.36. The highest BCUT2D eigenvalue weighted by Crippen LogP contribution is 2.24. The van der Waals surface area contributed by atoms with Crippen LogP contribution in [0, 0.1) is 0 Å². The van der Waals surface area contributed by atoms with E-state index in [0.717, 1.165) is 5.56 Å². The van der Waals surface area contributed by atoms with Gasteiger partial charge in [-0.15, -0.1) is 0 Å². The second kappa shape index (κ2) is 10.6. The van der Waals surface area contributed by atoms with Crippen LogP contribution in [0.3, 0.4) is 0 Å². The third-order valence-corrected chi connectivity index (χ3v) is 4.75. The number of nitrogens with one attached hydrogen (secondary N) is 2. The molecule has 31 heavy (non-hydrogen) atoms. The van der Waals surface area contributed by atoms with E-state index in [-0.39, 0.29) is 12.5 Å². The van der Waals surface area contributed by atoms with Crippen molar-refractivity contribution in [1.29, 1.82) is 0 Å². The molecule has 0 heterocycles. The topological polar surface area (TPSA) is 79.8 Å². The van der Waals surface area contributed by atoms with Gasteiger partial charge in [0, 0.05) is 39.3 Å². The highest BCUT2D eigenvalue weighted by atomic mass is 35.5. The summed E-state index contributed by atoms with van der Waals surface area (Å²) >= 11 is 12.3. The maximum absolute atomic E-state index is 12.3. The van der Waals surface area contributed by atoms with Crippen LogP contribution in [0.2, 0.25) is 10.0 Å². The first kappa shape index (κ1) is 22.3. The first-order chi connectivity index (χ1) is 14.9. The lowest BCUT2D eigenvalue weighted by molar-refractivity contribution is -0.114. The van der Waals surface area contributed by atoms with Crippen LogP contribution in [-0.4, -0.2) is 18.0 Å². The summed E-state index contributed by atoms with van der Waals surface area (Å²) in [5.74, 6) is -0.0379. The van der Waals surface area contributed by atoms with Crippen molar-refractivity contribution in [2.24, 2.45) is 5.10 Å². The summed E-state index contributed by atoms with van der Waals surface area (Å²) in [7, 11) is 0. The van der Waals surface area contributed by atoms with Gasteiger partial charge in [0.2, 0.25) is 5.91 Å². The molecule has 0 atom stereocenters. The minimum absolute atomic E-state index is 0.184. The van der Waals surface area contributed by atoms with Crippen LogP contribution in [-0.2, 0) is 11.4 Å². The van der Waals surface area contributed by atoms with Gasteiger partial charge in [-0.25, -0.2) is 5.43 Å². The van der Waals surface area contributed by atoms with Gasteiger partial charge in [-0.05, 0) is 48.5 Å². The fourth-order valence-corrected chi connectivity index (χ4v) is 3.03. The molecule has 3 rings (SSSR count). The fourth-order valence-electron chi connectivity index (χ4n) is 2.66. The molecule has 2 amide bonds. The average Bonchev–Trinajstić information content (AvgIpc) is 2.74. The third-order valence-electron chi connectivity index (χ3n) is 4.15. The molecule has 2 N–H and O–H groups in total. The predicted octanol–water partition coefficient (Wildman–Crippen LogP) is 5.29. The predicted molar refractivity (Wildman–Crippen MR) is 123 cm³/mol. The van der Waals surface area contributed by atoms with Gasteiger partial charge in [-0.2, -0.15) is 5.10 Å². The number of amides is 2. The molecule has 3 aromatic carbocycles. The van der Waals surface area contributed by atoms with Gasteiger partial charge >= 0.3 is 0 Å². The Morgan fingerprint density at radius 2 is 1.77 bits per heavy atom. The van der Waals surface area contributed by atoms with Crippen molar-refractivity contribution in [2.45, 2.75) is 13.5 Å². The Kier molecular flexibility index (Phi) is 7.65. The molecule has 0 radical (unpaired) electrons. The average molecular weight is 456 g/mol. The van der Waals surface area contributed by atoms with E-state index in [9.17, 15) is 9.59 Å². The standard InChI is InChI=1S/C23H19Cl2N3O3/c1-15(29)27-20-9-6-16(7-10-20)23(30)28-26-13-18-12-19(24)8-11-22(18)31-14-17-4-2-3-5-21(17)25/h2-13H,14H2,1H3,(H,27,29)(H,28,30). The van der Waals surface area contributed by atoms with Gasteiger partial charge in [-0.1, -0.05) is 41.4 Å². The molecule has 0 unspecified atom stereocenters. The fraction of sp³-hybridized carbons (Fsp3) is 0.0870. The summed E-state index contributed by atoms with van der Waals surface area (Å²) in [5.41, 5.74) is 4.90. The van der Waals surface area contributed by atoms with Gasteiger partial charge in [0.1, 0.15) is 12.4 Å². The Morgan fingerprint density at radius 3 is 2.48 bits per heavy atom. The third kappa shape index (κ3) is 6.57. The maximum Gasteiger partial charge on any atom is 0.271 e. The number of anilines is 1. The smallest absolute Gasteiger partial charge is 0.271 e. The van der Waals surface area contributed by atoms with Crippen LogP contribution in [0.15, 0.2) is 71.8 Å². The lowest BCUT2D eigenvalue weighted by Crippen LogP contribution is -2.17. The molecule has 0 bridgehead atoms. The normalized spacial score (nSPS) is 10.7. The zero-order chi connectivity index (χ0) is 22.2. The van der Waals surface area contributed by atoms with Crippen LogP contribution in [0.4, 0.5) is 5.69 Å². The number of hydrogen-bond donors (Lipinski definition) is 2. The summed E-state index contributed by atoms with van der Waals surface area (Å²) in [4.78, 5) is 23.4. The number of hydrogen-bond acceptors (Lipinski definition) is 4. The molecule has 0 saturated heterocycles. The van der Waals surface area contributed by atoms with Crippen molar-refractivity contribution in [3.8, 4) is 5.75 Å². The minimum Gasteiger partial charge on any atom is -0.488 e. The van der Waals surface area contributed by atoms with E-state index in [4.69, 9.17) is 27.9 Å². The number of halogens is 2. The van der Waals surface area contributed by atoms with Crippen LogP contribution < -0.4 is 15.5 Å². The number of carbonyl (C=O) groups is 2. The van der Waals surface area contributed by atoms with Gasteiger partial charge in [0.15, 0.2) is 0 Å². The van der Waals surface area contributed by atoms with E-state index in [1.165, 1.54) is 13.1 Å². The van der Waals surface area contributed by atoms with Gasteiger partial charge in [0.05, 0.1) is 6.21 Å². The van der Waals surface area contributed by atoms with E-state index >= 15 is 0 Å². The van der Waals surface area contributed by atoms with Crippen molar-refractivity contribution in [2.75, 3.05) is 5.32 Å². The molecule has 3 aromatic rings. The number of benzene rings is 3. The number of ether oxygens (including phenoxy) is 1. The molecule has 8 heteroatoms. The summed E-state index contributed by atoms with van der Waals surface area (Å²) in [5, 5.41) is 7.76. The Hall–Kier alpha value is -3.35. The minimum atomic E-state index is -0.397. The molecule has 0 aliphatic heterocycles. The molecule has 0 aliphatic carbocycles. The van der Waals surface area contributed by atoms with Crippen LogP contribution in [0.5, 0.6) is 5.75 Å². The molecule has 0 aromatic heterocycles. The Bertz CT molecular complexity index is 1120. The summed E-state index contributed by atoms with van der Waals surface area (Å²) in [6, 6.07) is 19.0. The first-order valence-corrected chi connectivity index (χ1v) is 10.0. The zero-order valence-corrected chi connectivity index (χ0v) is 18.1. The number of nitrogens with zero attached hydrogens (tertiary/aromatic N) is 1. The van der Waals surface area contributed by atoms with Gasteiger partial charge in [-0.3, -0.25) is 9.59 Å². The van der Waals surface area contributed by atoms with E-state index in [1.54, 1.807) is 48.5 Å².